The second kappa shape index (κ2) is 12.5. The van der Waals surface area contributed by atoms with E-state index < -0.39 is 5.60 Å². The van der Waals surface area contributed by atoms with E-state index >= 15 is 0 Å². The molecule has 0 radical (unpaired) electrons. The second-order valence-corrected chi connectivity index (χ2v) is 9.49. The second-order valence-electron chi connectivity index (χ2n) is 9.09. The minimum Gasteiger partial charge on any atom is -0.493 e. The Bertz CT molecular complexity index is 1030. The van der Waals surface area contributed by atoms with Gasteiger partial charge in [0.05, 0.1) is 17.2 Å². The molecular formula is C26H31Cl2N3O4. The third kappa shape index (κ3) is 7.25. The van der Waals surface area contributed by atoms with Crippen LogP contribution in [-0.4, -0.2) is 60.9 Å². The van der Waals surface area contributed by atoms with Gasteiger partial charge in [-0.2, -0.15) is 5.26 Å². The van der Waals surface area contributed by atoms with Gasteiger partial charge in [-0.25, -0.2) is 0 Å². The number of rotatable bonds is 7. The lowest BCUT2D eigenvalue weighted by molar-refractivity contribution is -0.0475. The number of carbonyl (C=O) groups is 1. The quantitative estimate of drug-likeness (QED) is 0.572. The molecule has 2 aliphatic rings. The van der Waals surface area contributed by atoms with Crippen molar-refractivity contribution < 1.29 is 19.4 Å². The number of hydrogen-bond acceptors (Lipinski definition) is 6. The highest BCUT2D eigenvalue weighted by Gasteiger charge is 2.35. The predicted molar refractivity (Wildman–Crippen MR) is 137 cm³/mol. The average molecular weight is 520 g/mol. The van der Waals surface area contributed by atoms with E-state index in [1.165, 1.54) is 0 Å². The monoisotopic (exact) mass is 519 g/mol. The van der Waals surface area contributed by atoms with E-state index in [1.807, 2.05) is 18.2 Å². The van der Waals surface area contributed by atoms with Crippen molar-refractivity contribution in [1.29, 1.82) is 5.26 Å². The van der Waals surface area contributed by atoms with Crippen LogP contribution in [0.3, 0.4) is 0 Å². The first kappa shape index (κ1) is 27.1. The molecule has 0 unspecified atom stereocenters. The molecule has 7 nitrogen and oxygen atoms in total. The minimum atomic E-state index is -1.02. The lowest BCUT2D eigenvalue weighted by Gasteiger charge is -2.38. The van der Waals surface area contributed by atoms with Gasteiger partial charge in [-0.3, -0.25) is 4.79 Å². The normalized spacial score (nSPS) is 17.7. The van der Waals surface area contributed by atoms with Crippen molar-refractivity contribution in [3.05, 3.63) is 58.6 Å². The van der Waals surface area contributed by atoms with Crippen LogP contribution in [0.1, 0.15) is 41.6 Å². The van der Waals surface area contributed by atoms with Gasteiger partial charge in [0.25, 0.3) is 5.91 Å². The smallest absolute Gasteiger partial charge is 0.253 e. The molecule has 0 saturated carbocycles. The number of amides is 1. The van der Waals surface area contributed by atoms with Crippen molar-refractivity contribution >= 4 is 29.9 Å². The Balaban J connectivity index is 0.00000342. The van der Waals surface area contributed by atoms with Gasteiger partial charge in [-0.05, 0) is 81.1 Å². The summed E-state index contributed by atoms with van der Waals surface area (Å²) in [6, 6.07) is 14.1. The summed E-state index contributed by atoms with van der Waals surface area (Å²) >= 11 is 6.04. The van der Waals surface area contributed by atoms with Crippen LogP contribution in [0.25, 0.3) is 0 Å². The Hall–Kier alpha value is -2.50. The zero-order valence-electron chi connectivity index (χ0n) is 19.5. The lowest BCUT2D eigenvalue weighted by Crippen LogP contribution is -2.49. The maximum atomic E-state index is 12.9. The van der Waals surface area contributed by atoms with Crippen LogP contribution in [0, 0.1) is 17.2 Å². The first-order valence-electron chi connectivity index (χ1n) is 11.7. The van der Waals surface area contributed by atoms with Crippen LogP contribution in [0.4, 0.5) is 0 Å². The highest BCUT2D eigenvalue weighted by atomic mass is 35.5. The molecular weight excluding hydrogens is 489 g/mol. The number of nitrogens with one attached hydrogen (secondary N) is 1. The molecule has 4 rings (SSSR count). The number of benzene rings is 2. The van der Waals surface area contributed by atoms with Gasteiger partial charge in [0.15, 0.2) is 0 Å². The molecule has 2 aromatic carbocycles. The Morgan fingerprint density at radius 3 is 2.40 bits per heavy atom. The van der Waals surface area contributed by atoms with Gasteiger partial charge in [-0.15, -0.1) is 12.4 Å². The van der Waals surface area contributed by atoms with Crippen molar-refractivity contribution in [2.24, 2.45) is 5.92 Å². The lowest BCUT2D eigenvalue weighted by atomic mass is 9.92. The number of hydrogen-bond donors (Lipinski definition) is 2. The van der Waals surface area contributed by atoms with Crippen LogP contribution in [0.2, 0.25) is 5.02 Å². The topological polar surface area (TPSA) is 94.8 Å². The van der Waals surface area contributed by atoms with Crippen LogP contribution < -0.4 is 14.8 Å². The van der Waals surface area contributed by atoms with Gasteiger partial charge >= 0.3 is 0 Å². The van der Waals surface area contributed by atoms with Crippen LogP contribution in [0.5, 0.6) is 11.5 Å². The third-order valence-electron chi connectivity index (χ3n) is 6.60. The summed E-state index contributed by atoms with van der Waals surface area (Å²) in [6.45, 7) is 3.78. The van der Waals surface area contributed by atoms with Crippen molar-refractivity contribution in [2.45, 2.75) is 31.3 Å². The minimum absolute atomic E-state index is 0. The van der Waals surface area contributed by atoms with Gasteiger partial charge < -0.3 is 24.8 Å². The third-order valence-corrected chi connectivity index (χ3v) is 6.91. The number of likely N-dealkylation sites (tertiary alicyclic amines) is 1. The molecule has 2 heterocycles. The van der Waals surface area contributed by atoms with E-state index in [9.17, 15) is 9.90 Å². The molecule has 35 heavy (non-hydrogen) atoms. The maximum absolute atomic E-state index is 12.9. The number of aliphatic hydroxyl groups is 1. The molecule has 0 atom stereocenters. The zero-order valence-corrected chi connectivity index (χ0v) is 21.1. The SMILES string of the molecule is Cl.N#Cc1ccc(OCC2(O)CCN(C(=O)c3ccc(OCC4CCNCC4)cc3)CC2)cc1Cl. The summed E-state index contributed by atoms with van der Waals surface area (Å²) in [5.74, 6) is 1.81. The van der Waals surface area contributed by atoms with Gasteiger partial charge in [0.2, 0.25) is 0 Å². The van der Waals surface area contributed by atoms with Gasteiger partial charge in [0, 0.05) is 24.7 Å². The highest BCUT2D eigenvalue weighted by molar-refractivity contribution is 6.31. The summed E-state index contributed by atoms with van der Waals surface area (Å²) in [4.78, 5) is 14.7. The summed E-state index contributed by atoms with van der Waals surface area (Å²) in [7, 11) is 0. The molecule has 1 amide bonds. The number of nitrogens with zero attached hydrogens (tertiary/aromatic N) is 2. The summed E-state index contributed by atoms with van der Waals surface area (Å²) in [5.41, 5.74) is -0.0345. The van der Waals surface area contributed by atoms with Crippen LogP contribution in [0.15, 0.2) is 42.5 Å². The number of nitriles is 1. The summed E-state index contributed by atoms with van der Waals surface area (Å²) in [6.07, 6.45) is 3.09. The largest absolute Gasteiger partial charge is 0.493 e. The molecule has 2 saturated heterocycles. The van der Waals surface area contributed by atoms with Crippen LogP contribution >= 0.6 is 24.0 Å². The highest BCUT2D eigenvalue weighted by Crippen LogP contribution is 2.27. The van der Waals surface area contributed by atoms with Crippen molar-refractivity contribution in [1.82, 2.24) is 10.2 Å². The number of piperidine rings is 2. The number of halogens is 2. The fourth-order valence-corrected chi connectivity index (χ4v) is 4.52. The molecule has 0 aliphatic carbocycles. The zero-order chi connectivity index (χ0) is 24.0. The van der Waals surface area contributed by atoms with E-state index in [2.05, 4.69) is 5.32 Å². The Morgan fingerprint density at radius 1 is 1.11 bits per heavy atom. The van der Waals surface area contributed by atoms with Gasteiger partial charge in [-0.1, -0.05) is 11.6 Å². The molecule has 2 N–H and O–H groups in total. The molecule has 2 aliphatic heterocycles. The first-order valence-corrected chi connectivity index (χ1v) is 12.1. The Morgan fingerprint density at radius 2 is 1.77 bits per heavy atom. The maximum Gasteiger partial charge on any atom is 0.253 e. The average Bonchev–Trinajstić information content (AvgIpc) is 2.87. The molecule has 2 aromatic rings. The molecule has 0 bridgehead atoms. The summed E-state index contributed by atoms with van der Waals surface area (Å²) < 4.78 is 11.6. The molecule has 188 valence electrons. The predicted octanol–water partition coefficient (Wildman–Crippen LogP) is 4.06. The van der Waals surface area contributed by atoms with Crippen molar-refractivity contribution in [3.8, 4) is 17.6 Å². The van der Waals surface area contributed by atoms with E-state index in [0.29, 0.717) is 60.4 Å². The number of ether oxygens (including phenoxy) is 2. The van der Waals surface area contributed by atoms with E-state index in [4.69, 9.17) is 26.3 Å². The van der Waals surface area contributed by atoms with Crippen molar-refractivity contribution in [2.75, 3.05) is 39.4 Å². The molecule has 2 fully saturated rings. The number of carbonyl (C=O) groups excluding carboxylic acids is 1. The first-order chi connectivity index (χ1) is 16.5. The Kier molecular flexibility index (Phi) is 9.64. The summed E-state index contributed by atoms with van der Waals surface area (Å²) in [5, 5.41) is 23.5. The van der Waals surface area contributed by atoms with E-state index in [0.717, 1.165) is 31.7 Å². The van der Waals surface area contributed by atoms with Crippen molar-refractivity contribution in [3.63, 3.8) is 0 Å². The molecule has 9 heteroatoms. The van der Waals surface area contributed by atoms with Gasteiger partial charge in [0.1, 0.15) is 29.8 Å². The Labute approximate surface area is 217 Å². The van der Waals surface area contributed by atoms with Crippen LogP contribution in [-0.2, 0) is 0 Å². The van der Waals surface area contributed by atoms with E-state index in [-0.39, 0.29) is 24.9 Å². The molecule has 0 spiro atoms. The van der Waals surface area contributed by atoms with E-state index in [1.54, 1.807) is 35.2 Å². The fraction of sp³-hybridized carbons (Fsp3) is 0.462. The fourth-order valence-electron chi connectivity index (χ4n) is 4.30. The molecule has 0 aromatic heterocycles. The standard InChI is InChI=1S/C26H30ClN3O4.ClH/c27-24-15-23(6-3-21(24)16-28)34-18-26(32)9-13-30(14-10-26)25(31)20-1-4-22(5-2-20)33-17-19-7-11-29-12-8-19;/h1-6,15,19,29,32H,7-14,17-18H2;1H.